The minimum Gasteiger partial charge on any atom is -0.213 e. The van der Waals surface area contributed by atoms with Crippen LogP contribution < -0.4 is 0 Å². The zero-order chi connectivity index (χ0) is 17.3. The van der Waals surface area contributed by atoms with E-state index in [1.807, 2.05) is 28.9 Å². The molecule has 1 aromatic heterocycles. The lowest BCUT2D eigenvalue weighted by atomic mass is 9.75. The number of para-hydroxylation sites is 1. The van der Waals surface area contributed by atoms with E-state index >= 15 is 0 Å². The van der Waals surface area contributed by atoms with Gasteiger partial charge in [0.15, 0.2) is 0 Å². The van der Waals surface area contributed by atoms with E-state index < -0.39 is 0 Å². The van der Waals surface area contributed by atoms with E-state index in [9.17, 15) is 0 Å². The molecule has 3 heteroatoms. The van der Waals surface area contributed by atoms with Gasteiger partial charge in [0.2, 0.25) is 0 Å². The SMILES string of the molecule is CC(C)=CC(c1ccc(-n2nnc3ccccc32)cc1)C(C)(C)C. The third-order valence-corrected chi connectivity index (χ3v) is 4.28. The van der Waals surface area contributed by atoms with Gasteiger partial charge in [-0.05, 0) is 49.1 Å². The molecule has 0 aliphatic carbocycles. The average molecular weight is 319 g/mol. The van der Waals surface area contributed by atoms with Crippen LogP contribution in [0.2, 0.25) is 0 Å². The number of allylic oxidation sites excluding steroid dienone is 2. The Hall–Kier alpha value is -2.42. The second kappa shape index (κ2) is 6.23. The summed E-state index contributed by atoms with van der Waals surface area (Å²) in [6, 6.07) is 16.7. The molecular weight excluding hydrogens is 294 g/mol. The summed E-state index contributed by atoms with van der Waals surface area (Å²) in [7, 11) is 0. The summed E-state index contributed by atoms with van der Waals surface area (Å²) in [5.41, 5.74) is 5.84. The van der Waals surface area contributed by atoms with Gasteiger partial charge in [-0.1, -0.05) is 61.9 Å². The fourth-order valence-electron chi connectivity index (χ4n) is 3.06. The van der Waals surface area contributed by atoms with Crippen LogP contribution in [0, 0.1) is 5.41 Å². The molecule has 0 radical (unpaired) electrons. The molecule has 0 spiro atoms. The van der Waals surface area contributed by atoms with Crippen molar-refractivity contribution in [1.82, 2.24) is 15.0 Å². The van der Waals surface area contributed by atoms with Crippen LogP contribution in [0.1, 0.15) is 46.1 Å². The molecule has 0 fully saturated rings. The van der Waals surface area contributed by atoms with Crippen LogP contribution in [0.25, 0.3) is 16.7 Å². The van der Waals surface area contributed by atoms with Crippen molar-refractivity contribution >= 4 is 11.0 Å². The Morgan fingerprint density at radius 1 is 1.00 bits per heavy atom. The smallest absolute Gasteiger partial charge is 0.113 e. The summed E-state index contributed by atoms with van der Waals surface area (Å²) in [5, 5.41) is 8.53. The van der Waals surface area contributed by atoms with Crippen molar-refractivity contribution in [1.29, 1.82) is 0 Å². The van der Waals surface area contributed by atoms with Gasteiger partial charge in [0.05, 0.1) is 11.2 Å². The first-order valence-electron chi connectivity index (χ1n) is 8.42. The fourth-order valence-corrected chi connectivity index (χ4v) is 3.06. The van der Waals surface area contributed by atoms with Crippen molar-refractivity contribution < 1.29 is 0 Å². The molecule has 1 unspecified atom stereocenters. The van der Waals surface area contributed by atoms with Gasteiger partial charge in [0, 0.05) is 5.92 Å². The lowest BCUT2D eigenvalue weighted by Gasteiger charge is -2.29. The van der Waals surface area contributed by atoms with Crippen molar-refractivity contribution in [3.63, 3.8) is 0 Å². The molecule has 0 amide bonds. The molecule has 2 aromatic carbocycles. The summed E-state index contributed by atoms with van der Waals surface area (Å²) in [6.07, 6.45) is 2.36. The maximum atomic E-state index is 4.29. The van der Waals surface area contributed by atoms with Crippen LogP contribution in [0.5, 0.6) is 0 Å². The molecule has 24 heavy (non-hydrogen) atoms. The van der Waals surface area contributed by atoms with Crippen LogP contribution in [0.3, 0.4) is 0 Å². The van der Waals surface area contributed by atoms with Gasteiger partial charge in [0.25, 0.3) is 0 Å². The number of hydrogen-bond donors (Lipinski definition) is 0. The monoisotopic (exact) mass is 319 g/mol. The molecule has 0 saturated carbocycles. The van der Waals surface area contributed by atoms with E-state index in [4.69, 9.17) is 0 Å². The lowest BCUT2D eigenvalue weighted by Crippen LogP contribution is -2.17. The van der Waals surface area contributed by atoms with Crippen LogP contribution in [0.4, 0.5) is 0 Å². The summed E-state index contributed by atoms with van der Waals surface area (Å²) in [5.74, 6) is 0.393. The Balaban J connectivity index is 2.00. The Labute approximate surface area is 144 Å². The highest BCUT2D eigenvalue weighted by Gasteiger charge is 2.24. The molecule has 1 heterocycles. The van der Waals surface area contributed by atoms with E-state index in [2.05, 4.69) is 75.3 Å². The van der Waals surface area contributed by atoms with Gasteiger partial charge in [-0.3, -0.25) is 0 Å². The highest BCUT2D eigenvalue weighted by atomic mass is 15.4. The largest absolute Gasteiger partial charge is 0.213 e. The van der Waals surface area contributed by atoms with E-state index in [0.717, 1.165) is 16.7 Å². The van der Waals surface area contributed by atoms with Crippen molar-refractivity contribution in [2.75, 3.05) is 0 Å². The normalized spacial score (nSPS) is 13.0. The molecule has 0 aliphatic rings. The van der Waals surface area contributed by atoms with Crippen LogP contribution in [-0.4, -0.2) is 15.0 Å². The van der Waals surface area contributed by atoms with Crippen LogP contribution in [0.15, 0.2) is 60.2 Å². The molecular formula is C21H25N3. The summed E-state index contributed by atoms with van der Waals surface area (Å²) in [6.45, 7) is 11.2. The summed E-state index contributed by atoms with van der Waals surface area (Å²) >= 11 is 0. The second-order valence-electron chi connectivity index (χ2n) is 7.67. The maximum absolute atomic E-state index is 4.29. The second-order valence-corrected chi connectivity index (χ2v) is 7.67. The first-order chi connectivity index (χ1) is 11.4. The van der Waals surface area contributed by atoms with E-state index in [0.29, 0.717) is 5.92 Å². The zero-order valence-corrected chi connectivity index (χ0v) is 15.1. The number of aromatic nitrogens is 3. The molecule has 3 nitrogen and oxygen atoms in total. The Morgan fingerprint density at radius 2 is 1.67 bits per heavy atom. The van der Waals surface area contributed by atoms with Gasteiger partial charge in [-0.15, -0.1) is 5.10 Å². The van der Waals surface area contributed by atoms with Crippen LogP contribution >= 0.6 is 0 Å². The molecule has 0 aliphatic heterocycles. The van der Waals surface area contributed by atoms with Crippen molar-refractivity contribution in [2.45, 2.75) is 40.5 Å². The van der Waals surface area contributed by atoms with Gasteiger partial charge in [-0.25, -0.2) is 4.68 Å². The fraction of sp³-hybridized carbons (Fsp3) is 0.333. The maximum Gasteiger partial charge on any atom is 0.113 e. The van der Waals surface area contributed by atoms with E-state index in [1.54, 1.807) is 0 Å². The highest BCUT2D eigenvalue weighted by Crippen LogP contribution is 2.37. The third-order valence-electron chi connectivity index (χ3n) is 4.28. The van der Waals surface area contributed by atoms with E-state index in [1.165, 1.54) is 11.1 Å². The number of fused-ring (bicyclic) bond motifs is 1. The number of hydrogen-bond acceptors (Lipinski definition) is 2. The lowest BCUT2D eigenvalue weighted by molar-refractivity contribution is 0.365. The summed E-state index contributed by atoms with van der Waals surface area (Å²) < 4.78 is 1.89. The first kappa shape index (κ1) is 16.4. The first-order valence-corrected chi connectivity index (χ1v) is 8.42. The van der Waals surface area contributed by atoms with Crippen molar-refractivity contribution in [3.05, 3.63) is 65.7 Å². The zero-order valence-electron chi connectivity index (χ0n) is 15.1. The minimum absolute atomic E-state index is 0.179. The predicted molar refractivity (Wildman–Crippen MR) is 100 cm³/mol. The number of benzene rings is 2. The molecule has 0 N–H and O–H groups in total. The molecule has 0 bridgehead atoms. The average Bonchev–Trinajstić information content (AvgIpc) is 2.96. The van der Waals surface area contributed by atoms with Gasteiger partial charge < -0.3 is 0 Å². The number of rotatable bonds is 3. The Morgan fingerprint density at radius 3 is 2.29 bits per heavy atom. The summed E-state index contributed by atoms with van der Waals surface area (Å²) in [4.78, 5) is 0. The quantitative estimate of drug-likeness (QED) is 0.595. The Bertz CT molecular complexity index is 860. The topological polar surface area (TPSA) is 30.7 Å². The van der Waals surface area contributed by atoms with Crippen molar-refractivity contribution in [2.24, 2.45) is 5.41 Å². The molecule has 124 valence electrons. The highest BCUT2D eigenvalue weighted by molar-refractivity contribution is 5.75. The Kier molecular flexibility index (Phi) is 4.27. The van der Waals surface area contributed by atoms with Gasteiger partial charge in [0.1, 0.15) is 5.52 Å². The van der Waals surface area contributed by atoms with Crippen LogP contribution in [-0.2, 0) is 0 Å². The third kappa shape index (κ3) is 3.25. The number of nitrogens with zero attached hydrogens (tertiary/aromatic N) is 3. The standard InChI is InChI=1S/C21H25N3/c1-15(2)14-18(21(3,4)5)16-10-12-17(13-11-16)24-20-9-7-6-8-19(20)22-23-24/h6-14,18H,1-5H3. The van der Waals surface area contributed by atoms with E-state index in [-0.39, 0.29) is 5.41 Å². The van der Waals surface area contributed by atoms with Gasteiger partial charge in [-0.2, -0.15) is 0 Å². The molecule has 3 aromatic rings. The predicted octanol–water partition coefficient (Wildman–Crippen LogP) is 5.52. The van der Waals surface area contributed by atoms with Gasteiger partial charge >= 0.3 is 0 Å². The molecule has 1 atom stereocenters. The minimum atomic E-state index is 0.179. The van der Waals surface area contributed by atoms with Crippen molar-refractivity contribution in [3.8, 4) is 5.69 Å². The molecule has 0 saturated heterocycles. The molecule has 3 rings (SSSR count).